The van der Waals surface area contributed by atoms with Crippen molar-refractivity contribution in [2.75, 3.05) is 57.6 Å². The number of amides is 5. The van der Waals surface area contributed by atoms with Crippen LogP contribution in [0, 0.1) is 5.41 Å². The molecule has 0 fully saturated rings. The Morgan fingerprint density at radius 2 is 1.14 bits per heavy atom. The molecule has 0 bridgehead atoms. The first kappa shape index (κ1) is 44.5. The lowest BCUT2D eigenvalue weighted by atomic mass is 10.2. The van der Waals surface area contributed by atoms with Gasteiger partial charge in [0.2, 0.25) is 5.82 Å². The third-order valence-corrected chi connectivity index (χ3v) is 9.03. The van der Waals surface area contributed by atoms with Crippen molar-refractivity contribution in [1.29, 1.82) is 5.41 Å². The van der Waals surface area contributed by atoms with E-state index in [1.54, 1.807) is 68.0 Å². The molecule has 0 atom stereocenters. The minimum Gasteiger partial charge on any atom is -0.388 e. The molecule has 1 aromatic carbocycles. The topological polar surface area (TPSA) is 231 Å². The van der Waals surface area contributed by atoms with Gasteiger partial charge in [-0.25, -0.2) is 4.98 Å². The Labute approximate surface area is 349 Å². The number of imidazole rings is 1. The van der Waals surface area contributed by atoms with Gasteiger partial charge in [0.15, 0.2) is 5.82 Å². The second-order valence-electron chi connectivity index (χ2n) is 13.0. The van der Waals surface area contributed by atoms with Crippen LogP contribution in [0.1, 0.15) is 58.9 Å². The molecular weight excluding hydrogens is 813 g/mol. The van der Waals surface area contributed by atoms with E-state index >= 15 is 0 Å². The van der Waals surface area contributed by atoms with Gasteiger partial charge in [0.25, 0.3) is 29.5 Å². The third kappa shape index (κ3) is 11.0. The molecule has 0 aliphatic heterocycles. The number of amidine groups is 1. The molecule has 18 nitrogen and oxygen atoms in total. The van der Waals surface area contributed by atoms with Gasteiger partial charge in [-0.1, -0.05) is 0 Å². The zero-order valence-corrected chi connectivity index (χ0v) is 34.4. The van der Waals surface area contributed by atoms with E-state index in [1.165, 1.54) is 33.5 Å². The number of anilines is 5. The second-order valence-corrected chi connectivity index (χ2v) is 13.8. The van der Waals surface area contributed by atoms with E-state index in [0.29, 0.717) is 53.2 Å². The Hall–Kier alpha value is -6.24. The van der Waals surface area contributed by atoms with Gasteiger partial charge in [0.1, 0.15) is 17.1 Å². The third-order valence-electron chi connectivity index (χ3n) is 8.69. The fourth-order valence-electron chi connectivity index (χ4n) is 5.88. The molecule has 0 spiro atoms. The molecule has 0 aliphatic rings. The number of aryl methyl sites for hydroxylation is 4. The lowest BCUT2D eigenvalue weighted by Crippen LogP contribution is -2.28. The number of halogens is 3. The largest absolute Gasteiger partial charge is 0.388 e. The summed E-state index contributed by atoms with van der Waals surface area (Å²) < 4.78 is 6.10. The van der Waals surface area contributed by atoms with E-state index in [0.717, 1.165) is 5.69 Å². The number of carbonyl (C=O) groups excluding carboxylic acids is 5. The molecule has 5 aromatic rings. The van der Waals surface area contributed by atoms with Crippen LogP contribution < -0.4 is 37.2 Å². The summed E-state index contributed by atoms with van der Waals surface area (Å²) in [5.74, 6) is -1.33. The van der Waals surface area contributed by atoms with Crippen molar-refractivity contribution in [2.45, 2.75) is 6.42 Å². The molecule has 5 rings (SSSR count). The number of rotatable bonds is 17. The number of nitrogens with one attached hydrogen (secondary N) is 6. The lowest BCUT2D eigenvalue weighted by molar-refractivity contribution is 0.0943. The maximum absolute atomic E-state index is 13.3. The van der Waals surface area contributed by atoms with Crippen molar-refractivity contribution < 1.29 is 24.0 Å². The summed E-state index contributed by atoms with van der Waals surface area (Å²) in [5, 5.41) is 20.9. The average molecular weight is 857 g/mol. The molecule has 4 heterocycles. The summed E-state index contributed by atoms with van der Waals surface area (Å²) >= 11 is 11.8. The molecule has 0 radical (unpaired) electrons. The lowest BCUT2D eigenvalue weighted by Gasteiger charge is -2.22. The number of nitrogens with zero attached hydrogens (tertiary/aromatic N) is 6. The highest BCUT2D eigenvalue weighted by Gasteiger charge is 2.21. The first-order valence-corrected chi connectivity index (χ1v) is 18.6. The Balaban J connectivity index is 0.00000744. The van der Waals surface area contributed by atoms with Gasteiger partial charge < -0.3 is 55.5 Å². The van der Waals surface area contributed by atoms with Crippen molar-refractivity contribution in [3.05, 3.63) is 95.7 Å². The van der Waals surface area contributed by atoms with Crippen LogP contribution in [0.3, 0.4) is 0 Å². The van der Waals surface area contributed by atoms with Crippen LogP contribution >= 0.6 is 35.6 Å². The summed E-state index contributed by atoms with van der Waals surface area (Å²) in [6, 6.07) is 11.5. The molecule has 5 amide bonds. The van der Waals surface area contributed by atoms with E-state index in [4.69, 9.17) is 34.3 Å². The number of alkyl halides is 2. The van der Waals surface area contributed by atoms with Crippen LogP contribution in [0.4, 0.5) is 28.6 Å². The van der Waals surface area contributed by atoms with Crippen molar-refractivity contribution >= 4 is 99.5 Å². The first-order valence-electron chi connectivity index (χ1n) is 17.5. The summed E-state index contributed by atoms with van der Waals surface area (Å²) in [4.78, 5) is 71.5. The predicted molar refractivity (Wildman–Crippen MR) is 227 cm³/mol. The first-order chi connectivity index (χ1) is 27.2. The number of nitrogens with two attached hydrogens (primary N) is 1. The van der Waals surface area contributed by atoms with Crippen LogP contribution in [0.5, 0.6) is 0 Å². The summed E-state index contributed by atoms with van der Waals surface area (Å²) in [6.07, 6.45) is 6.45. The maximum atomic E-state index is 13.3. The highest BCUT2D eigenvalue weighted by Crippen LogP contribution is 2.21. The number of carbonyl (C=O) groups is 5. The van der Waals surface area contributed by atoms with Crippen molar-refractivity contribution in [2.24, 2.45) is 33.9 Å². The number of hydrogen-bond acceptors (Lipinski definition) is 8. The molecule has 0 saturated carbocycles. The minimum absolute atomic E-state index is 0. The molecule has 21 heteroatoms. The fourth-order valence-corrected chi connectivity index (χ4v) is 6.29. The van der Waals surface area contributed by atoms with Crippen LogP contribution in [-0.2, 0) is 28.2 Å². The molecule has 58 heavy (non-hydrogen) atoms. The highest BCUT2D eigenvalue weighted by molar-refractivity contribution is 6.18. The zero-order chi connectivity index (χ0) is 41.4. The Morgan fingerprint density at radius 3 is 1.60 bits per heavy atom. The van der Waals surface area contributed by atoms with E-state index in [2.05, 4.69) is 31.6 Å². The highest BCUT2D eigenvalue weighted by atomic mass is 35.5. The average Bonchev–Trinajstić information content (AvgIpc) is 3.92. The van der Waals surface area contributed by atoms with E-state index in [-0.39, 0.29) is 60.1 Å². The standard InChI is InChI=1S/C37H43Cl2N13O5.ClH/c1-48-18-23(15-27(48)34(54)42-12-9-30(40)41)43-35(55)28-16-24(19-49(28)2)44-36(56)29-17-25(20-50(29)3)45-37(57)32-46-31(21-51(32)4)47-33(53)22-5-7-26(8-6-22)52(13-10-38)14-11-39;/h5-8,15-21H,9-14H2,1-4H3,(H3,40,41)(H,42,54)(H,43,55)(H,44,56)(H,45,57)(H,47,53);1H. The quantitative estimate of drug-likeness (QED) is 0.0406. The van der Waals surface area contributed by atoms with Crippen molar-refractivity contribution in [3.63, 3.8) is 0 Å². The van der Waals surface area contributed by atoms with Gasteiger partial charge in [0.05, 0.1) is 22.9 Å². The second kappa shape index (κ2) is 19.8. The van der Waals surface area contributed by atoms with E-state index in [1.807, 2.05) is 17.0 Å². The molecule has 308 valence electrons. The van der Waals surface area contributed by atoms with Gasteiger partial charge in [-0.3, -0.25) is 29.4 Å². The molecule has 0 saturated heterocycles. The SMILES string of the molecule is Cl.Cn1cc(NC(=O)c2cc(NC(=O)c3cc(NC(=O)c4nc(NC(=O)c5ccc(N(CCCl)CCCl)cc5)cn4C)cn3C)cn2C)cc1C(=O)NCCC(=N)N. The Kier molecular flexibility index (Phi) is 15.1. The summed E-state index contributed by atoms with van der Waals surface area (Å²) in [6.45, 7) is 1.43. The van der Waals surface area contributed by atoms with Crippen LogP contribution in [0.15, 0.2) is 67.3 Å². The van der Waals surface area contributed by atoms with Gasteiger partial charge in [0, 0.05) is 102 Å². The molecule has 0 unspecified atom stereocenters. The van der Waals surface area contributed by atoms with Gasteiger partial charge >= 0.3 is 0 Å². The number of aromatic nitrogens is 5. The molecule has 8 N–H and O–H groups in total. The smallest absolute Gasteiger partial charge is 0.291 e. The van der Waals surface area contributed by atoms with E-state index in [9.17, 15) is 24.0 Å². The number of benzene rings is 1. The molecular formula is C37H44Cl3N13O5. The van der Waals surface area contributed by atoms with Gasteiger partial charge in [-0.15, -0.1) is 35.6 Å². The molecule has 4 aromatic heterocycles. The monoisotopic (exact) mass is 855 g/mol. The van der Waals surface area contributed by atoms with Crippen molar-refractivity contribution in [1.82, 2.24) is 28.6 Å². The fraction of sp³-hybridized carbons (Fsp3) is 0.270. The van der Waals surface area contributed by atoms with Gasteiger partial charge in [-0.05, 0) is 42.5 Å². The van der Waals surface area contributed by atoms with Crippen LogP contribution in [0.25, 0.3) is 0 Å². The van der Waals surface area contributed by atoms with Crippen LogP contribution in [0.2, 0.25) is 0 Å². The minimum atomic E-state index is -0.573. The molecule has 0 aliphatic carbocycles. The van der Waals surface area contributed by atoms with Crippen LogP contribution in [-0.4, -0.2) is 90.0 Å². The van der Waals surface area contributed by atoms with Crippen molar-refractivity contribution in [3.8, 4) is 0 Å². The normalized spacial score (nSPS) is 10.7. The van der Waals surface area contributed by atoms with Gasteiger partial charge in [-0.2, -0.15) is 0 Å². The van der Waals surface area contributed by atoms with E-state index < -0.39 is 23.6 Å². The maximum Gasteiger partial charge on any atom is 0.291 e. The Bertz CT molecular complexity index is 2300. The predicted octanol–water partition coefficient (Wildman–Crippen LogP) is 4.21. The Morgan fingerprint density at radius 1 is 0.672 bits per heavy atom. The zero-order valence-electron chi connectivity index (χ0n) is 32.1. The number of hydrogen-bond donors (Lipinski definition) is 7. The summed E-state index contributed by atoms with van der Waals surface area (Å²) in [5.41, 5.74) is 8.41. The summed E-state index contributed by atoms with van der Waals surface area (Å²) in [7, 11) is 6.56.